The minimum atomic E-state index is -4.54. The van der Waals surface area contributed by atoms with Crippen LogP contribution in [0.2, 0.25) is 0 Å². The van der Waals surface area contributed by atoms with Gasteiger partial charge in [0, 0.05) is 30.2 Å². The summed E-state index contributed by atoms with van der Waals surface area (Å²) in [5.74, 6) is -1.54. The molecular weight excluding hydrogens is 592 g/mol. The van der Waals surface area contributed by atoms with E-state index in [1.165, 1.54) is 0 Å². The number of fused-ring (bicyclic) bond motifs is 2. The molecule has 0 aliphatic carbocycles. The second-order valence-corrected chi connectivity index (χ2v) is 13.1. The minimum absolute atomic E-state index is 0.0390. The zero-order valence-electron chi connectivity index (χ0n) is 24.2. The standard InChI is InChI=1S/C31H31F2N5O5S/c1-18-16-38(17-19(2)43-18)29-7-3-5-24(37-29)25-9-8-20-14-34-22(13-26(20)36-25)15-35-31(39)21-11-23(32)30-27(12-21)44(40,41)28(33)6-4-10-42-30/h3,5,7-9,11-14,18-19,28H,4,6,10,15-17H2,1-2H3,(H,35,39)/t18-,19+,28-/m0/s1. The summed E-state index contributed by atoms with van der Waals surface area (Å²) in [6, 6.07) is 13.1. The van der Waals surface area contributed by atoms with Crippen molar-refractivity contribution in [2.24, 2.45) is 0 Å². The maximum atomic E-state index is 14.8. The summed E-state index contributed by atoms with van der Waals surface area (Å²) in [6.07, 6.45) is 1.66. The molecule has 1 fully saturated rings. The second kappa shape index (κ2) is 12.0. The summed E-state index contributed by atoms with van der Waals surface area (Å²) in [6.45, 7) is 5.48. The number of aromatic nitrogens is 3. The number of benzene rings is 1. The van der Waals surface area contributed by atoms with Gasteiger partial charge in [-0.3, -0.25) is 9.78 Å². The molecule has 5 heterocycles. The molecule has 1 aromatic carbocycles. The average molecular weight is 624 g/mol. The monoisotopic (exact) mass is 623 g/mol. The van der Waals surface area contributed by atoms with Crippen LogP contribution in [0, 0.1) is 5.82 Å². The summed E-state index contributed by atoms with van der Waals surface area (Å²) in [4.78, 5) is 28.5. The Morgan fingerprint density at radius 3 is 2.64 bits per heavy atom. The molecule has 0 unspecified atom stereocenters. The van der Waals surface area contributed by atoms with Crippen LogP contribution in [0.3, 0.4) is 0 Å². The van der Waals surface area contributed by atoms with Gasteiger partial charge in [-0.1, -0.05) is 6.07 Å². The fourth-order valence-corrected chi connectivity index (χ4v) is 6.90. The molecule has 0 saturated carbocycles. The first-order valence-electron chi connectivity index (χ1n) is 14.3. The Morgan fingerprint density at radius 1 is 1.07 bits per heavy atom. The molecule has 2 aliphatic heterocycles. The predicted octanol–water partition coefficient (Wildman–Crippen LogP) is 4.62. The van der Waals surface area contributed by atoms with Crippen LogP contribution in [-0.2, 0) is 21.1 Å². The molecule has 0 radical (unpaired) electrons. The fraction of sp³-hybridized carbons (Fsp3) is 0.355. The number of hydrogen-bond donors (Lipinski definition) is 1. The number of halogens is 2. The molecule has 1 saturated heterocycles. The predicted molar refractivity (Wildman–Crippen MR) is 159 cm³/mol. The van der Waals surface area contributed by atoms with Gasteiger partial charge in [0.05, 0.1) is 48.0 Å². The number of ether oxygens (including phenoxy) is 2. The van der Waals surface area contributed by atoms with E-state index >= 15 is 0 Å². The first-order valence-corrected chi connectivity index (χ1v) is 15.9. The van der Waals surface area contributed by atoms with Crippen molar-refractivity contribution < 1.29 is 31.5 Å². The third-order valence-corrected chi connectivity index (χ3v) is 9.36. The average Bonchev–Trinajstić information content (AvgIpc) is 3.00. The lowest BCUT2D eigenvalue weighted by atomic mass is 10.1. The van der Waals surface area contributed by atoms with Gasteiger partial charge in [0.1, 0.15) is 10.7 Å². The molecule has 230 valence electrons. The summed E-state index contributed by atoms with van der Waals surface area (Å²) in [5.41, 5.74) is -0.0187. The molecule has 1 amide bonds. The van der Waals surface area contributed by atoms with Crippen LogP contribution in [0.15, 0.2) is 59.6 Å². The third-order valence-electron chi connectivity index (χ3n) is 7.54. The van der Waals surface area contributed by atoms with Crippen LogP contribution in [0.25, 0.3) is 22.3 Å². The van der Waals surface area contributed by atoms with Crippen LogP contribution < -0.4 is 15.0 Å². The number of hydrogen-bond acceptors (Lipinski definition) is 9. The quantitative estimate of drug-likeness (QED) is 0.339. The Labute approximate surface area is 253 Å². The van der Waals surface area contributed by atoms with E-state index in [0.29, 0.717) is 22.6 Å². The Balaban J connectivity index is 1.21. The van der Waals surface area contributed by atoms with Gasteiger partial charge in [0.2, 0.25) is 15.3 Å². The highest BCUT2D eigenvalue weighted by molar-refractivity contribution is 7.92. The van der Waals surface area contributed by atoms with Gasteiger partial charge in [0.25, 0.3) is 5.91 Å². The molecule has 0 bridgehead atoms. The second-order valence-electron chi connectivity index (χ2n) is 11.0. The highest BCUT2D eigenvalue weighted by atomic mass is 32.2. The first-order chi connectivity index (χ1) is 21.1. The Hall–Kier alpha value is -4.23. The van der Waals surface area contributed by atoms with E-state index in [4.69, 9.17) is 19.4 Å². The van der Waals surface area contributed by atoms with Crippen LogP contribution in [0.5, 0.6) is 5.75 Å². The smallest absolute Gasteiger partial charge is 0.251 e. The minimum Gasteiger partial charge on any atom is -0.489 e. The summed E-state index contributed by atoms with van der Waals surface area (Å²) in [7, 11) is -4.54. The van der Waals surface area contributed by atoms with Crippen molar-refractivity contribution in [3.63, 3.8) is 0 Å². The highest BCUT2D eigenvalue weighted by Gasteiger charge is 2.34. The number of morpholine rings is 1. The molecule has 10 nitrogen and oxygen atoms in total. The molecule has 4 aromatic rings. The largest absolute Gasteiger partial charge is 0.489 e. The SMILES string of the molecule is C[C@@H]1CN(c2cccc(-c3ccc4cnc(CNC(=O)c5cc(F)c6c(c5)S(=O)(=O)[C@H](F)CCCO6)cc4n3)n2)C[C@H](C)O1. The van der Waals surface area contributed by atoms with Crippen LogP contribution >= 0.6 is 0 Å². The number of nitrogens with zero attached hydrogens (tertiary/aromatic N) is 4. The molecule has 3 aromatic heterocycles. The van der Waals surface area contributed by atoms with Gasteiger partial charge in [-0.25, -0.2) is 27.2 Å². The molecule has 3 atom stereocenters. The van der Waals surface area contributed by atoms with Gasteiger partial charge in [-0.05, 0) is 69.2 Å². The zero-order chi connectivity index (χ0) is 31.0. The zero-order valence-corrected chi connectivity index (χ0v) is 25.0. The van der Waals surface area contributed by atoms with E-state index < -0.39 is 37.7 Å². The van der Waals surface area contributed by atoms with Crippen molar-refractivity contribution in [2.75, 3.05) is 24.6 Å². The lowest BCUT2D eigenvalue weighted by molar-refractivity contribution is -0.00545. The number of pyridine rings is 3. The molecule has 1 N–H and O–H groups in total. The molecule has 2 aliphatic rings. The van der Waals surface area contributed by atoms with E-state index in [-0.39, 0.29) is 43.8 Å². The summed E-state index contributed by atoms with van der Waals surface area (Å²) < 4.78 is 65.7. The van der Waals surface area contributed by atoms with Crippen molar-refractivity contribution in [3.8, 4) is 17.1 Å². The number of carbonyl (C=O) groups is 1. The maximum absolute atomic E-state index is 14.8. The van der Waals surface area contributed by atoms with E-state index in [1.54, 1.807) is 12.3 Å². The maximum Gasteiger partial charge on any atom is 0.251 e. The van der Waals surface area contributed by atoms with E-state index in [2.05, 4.69) is 15.2 Å². The van der Waals surface area contributed by atoms with Gasteiger partial charge < -0.3 is 19.7 Å². The molecular formula is C31H31F2N5O5S. The fourth-order valence-electron chi connectivity index (χ4n) is 5.44. The van der Waals surface area contributed by atoms with Crippen LogP contribution in [0.4, 0.5) is 14.6 Å². The molecule has 13 heteroatoms. The van der Waals surface area contributed by atoms with Gasteiger partial charge in [-0.2, -0.15) is 0 Å². The number of alkyl halides is 1. The van der Waals surface area contributed by atoms with Crippen molar-refractivity contribution in [3.05, 3.63) is 71.8 Å². The van der Waals surface area contributed by atoms with Crippen molar-refractivity contribution in [1.82, 2.24) is 20.3 Å². The lowest BCUT2D eigenvalue weighted by Gasteiger charge is -2.36. The van der Waals surface area contributed by atoms with E-state index in [0.717, 1.165) is 36.4 Å². The Morgan fingerprint density at radius 2 is 1.84 bits per heavy atom. The third kappa shape index (κ3) is 6.06. The number of amides is 1. The lowest BCUT2D eigenvalue weighted by Crippen LogP contribution is -2.45. The number of sulfone groups is 1. The number of anilines is 1. The highest BCUT2D eigenvalue weighted by Crippen LogP contribution is 2.35. The number of rotatable bonds is 5. The molecule has 6 rings (SSSR count). The Kier molecular flexibility index (Phi) is 8.16. The van der Waals surface area contributed by atoms with Gasteiger partial charge in [-0.15, -0.1) is 0 Å². The number of nitrogens with one attached hydrogen (secondary N) is 1. The van der Waals surface area contributed by atoms with Crippen LogP contribution in [0.1, 0.15) is 42.7 Å². The normalized spacial score (nSPS) is 21.5. The van der Waals surface area contributed by atoms with E-state index in [9.17, 15) is 22.0 Å². The van der Waals surface area contributed by atoms with Crippen molar-refractivity contribution in [2.45, 2.75) is 55.8 Å². The van der Waals surface area contributed by atoms with Crippen molar-refractivity contribution in [1.29, 1.82) is 0 Å². The summed E-state index contributed by atoms with van der Waals surface area (Å²) >= 11 is 0. The summed E-state index contributed by atoms with van der Waals surface area (Å²) in [5, 5.41) is 3.41. The van der Waals surface area contributed by atoms with Crippen molar-refractivity contribution >= 4 is 32.5 Å². The first kappa shape index (κ1) is 29.8. The van der Waals surface area contributed by atoms with Crippen LogP contribution in [-0.4, -0.2) is 66.7 Å². The van der Waals surface area contributed by atoms with E-state index in [1.807, 2.05) is 44.2 Å². The molecule has 0 spiro atoms. The van der Waals surface area contributed by atoms with Gasteiger partial charge >= 0.3 is 0 Å². The molecule has 44 heavy (non-hydrogen) atoms. The number of carbonyl (C=O) groups excluding carboxylic acids is 1. The Bertz CT molecular complexity index is 1830. The van der Waals surface area contributed by atoms with Gasteiger partial charge in [0.15, 0.2) is 11.6 Å². The topological polar surface area (TPSA) is 124 Å².